The number of rotatable bonds is 7. The van der Waals surface area contributed by atoms with E-state index in [4.69, 9.17) is 5.73 Å². The summed E-state index contributed by atoms with van der Waals surface area (Å²) in [6, 6.07) is 10.7. The molecule has 4 N–H and O–H groups in total. The third-order valence-corrected chi connectivity index (χ3v) is 5.24. The van der Waals surface area contributed by atoms with Gasteiger partial charge >= 0.3 is 0 Å². The maximum Gasteiger partial charge on any atom is 0.265 e. The molecule has 1 aromatic heterocycles. The largest absolute Gasteiger partial charge is 0.329 e. The Bertz CT molecular complexity index is 675. The van der Waals surface area contributed by atoms with Gasteiger partial charge in [-0.25, -0.2) is 0 Å². The smallest absolute Gasteiger partial charge is 0.265 e. The molecule has 0 aliphatic rings. The number of nitrogens with two attached hydrogens (primary N) is 1. The molecule has 0 saturated heterocycles. The summed E-state index contributed by atoms with van der Waals surface area (Å²) >= 11 is 1.39. The normalized spacial score (nSPS) is 10.7. The number of hydrogen-bond donors (Lipinski definition) is 3. The van der Waals surface area contributed by atoms with Crippen molar-refractivity contribution in [2.24, 2.45) is 11.1 Å². The van der Waals surface area contributed by atoms with Crippen LogP contribution in [-0.2, 0) is 4.79 Å². The molecule has 2 rings (SSSR count). The van der Waals surface area contributed by atoms with Crippen molar-refractivity contribution >= 4 is 46.9 Å². The van der Waals surface area contributed by atoms with Gasteiger partial charge in [0.25, 0.3) is 5.91 Å². The predicted molar refractivity (Wildman–Crippen MR) is 107 cm³/mol. The van der Waals surface area contributed by atoms with Crippen LogP contribution in [0.25, 0.3) is 0 Å². The summed E-state index contributed by atoms with van der Waals surface area (Å²) in [4.78, 5) is 25.1. The van der Waals surface area contributed by atoms with Crippen LogP contribution in [0.3, 0.4) is 0 Å². The lowest BCUT2D eigenvalue weighted by Crippen LogP contribution is -2.41. The van der Waals surface area contributed by atoms with E-state index < -0.39 is 5.41 Å². The fourth-order valence-electron chi connectivity index (χ4n) is 2.45. The molecule has 2 aromatic rings. The molecule has 1 aromatic carbocycles. The van der Waals surface area contributed by atoms with E-state index in [0.29, 0.717) is 35.6 Å². The maximum atomic E-state index is 12.5. The average molecular weight is 382 g/mol. The Morgan fingerprint density at radius 1 is 1.04 bits per heavy atom. The predicted octanol–water partition coefficient (Wildman–Crippen LogP) is 4.13. The van der Waals surface area contributed by atoms with E-state index in [-0.39, 0.29) is 24.2 Å². The van der Waals surface area contributed by atoms with Gasteiger partial charge in [0.1, 0.15) is 0 Å². The van der Waals surface area contributed by atoms with Crippen molar-refractivity contribution in [2.45, 2.75) is 26.7 Å². The zero-order valence-electron chi connectivity index (χ0n) is 14.4. The number of anilines is 2. The summed E-state index contributed by atoms with van der Waals surface area (Å²) < 4.78 is 0. The molecule has 25 heavy (non-hydrogen) atoms. The molecule has 0 aliphatic heterocycles. The molecule has 136 valence electrons. The zero-order chi connectivity index (χ0) is 17.6. The molecule has 0 fully saturated rings. The molecule has 1 heterocycles. The van der Waals surface area contributed by atoms with Gasteiger partial charge in [0, 0.05) is 17.9 Å². The molecule has 0 unspecified atom stereocenters. The first-order chi connectivity index (χ1) is 11.5. The quantitative estimate of drug-likeness (QED) is 0.674. The van der Waals surface area contributed by atoms with Crippen LogP contribution in [0.2, 0.25) is 0 Å². The van der Waals surface area contributed by atoms with Gasteiger partial charge < -0.3 is 16.4 Å². The second-order valence-electron chi connectivity index (χ2n) is 5.65. The third kappa shape index (κ3) is 5.04. The zero-order valence-corrected chi connectivity index (χ0v) is 16.0. The van der Waals surface area contributed by atoms with Crippen molar-refractivity contribution in [1.29, 1.82) is 0 Å². The van der Waals surface area contributed by atoms with E-state index in [0.717, 1.165) is 0 Å². The van der Waals surface area contributed by atoms with Crippen molar-refractivity contribution in [1.82, 2.24) is 0 Å². The van der Waals surface area contributed by atoms with E-state index in [1.54, 1.807) is 30.3 Å². The summed E-state index contributed by atoms with van der Waals surface area (Å²) in [5.41, 5.74) is 6.64. The molecule has 0 saturated carbocycles. The Balaban J connectivity index is 0.00000312. The first-order valence-electron chi connectivity index (χ1n) is 8.01. The lowest BCUT2D eigenvalue weighted by molar-refractivity contribution is -0.125. The summed E-state index contributed by atoms with van der Waals surface area (Å²) in [7, 11) is 0. The number of carbonyl (C=O) groups excluding carboxylic acids is 2. The molecule has 0 spiro atoms. The highest BCUT2D eigenvalue weighted by Crippen LogP contribution is 2.27. The molecule has 0 radical (unpaired) electrons. The first-order valence-corrected chi connectivity index (χ1v) is 8.89. The van der Waals surface area contributed by atoms with Crippen LogP contribution in [0, 0.1) is 5.41 Å². The summed E-state index contributed by atoms with van der Waals surface area (Å²) in [5, 5.41) is 7.60. The highest BCUT2D eigenvalue weighted by molar-refractivity contribution is 7.12. The maximum absolute atomic E-state index is 12.5. The van der Waals surface area contributed by atoms with Crippen molar-refractivity contribution in [3.05, 3.63) is 46.7 Å². The van der Waals surface area contributed by atoms with E-state index >= 15 is 0 Å². The second-order valence-corrected chi connectivity index (χ2v) is 6.60. The summed E-state index contributed by atoms with van der Waals surface area (Å²) in [6.45, 7) is 4.26. The van der Waals surface area contributed by atoms with Crippen LogP contribution < -0.4 is 16.4 Å². The molecular weight excluding hydrogens is 358 g/mol. The van der Waals surface area contributed by atoms with Crippen molar-refractivity contribution in [2.75, 3.05) is 17.2 Å². The lowest BCUT2D eigenvalue weighted by atomic mass is 9.81. The molecular formula is C18H24ClN3O2S. The van der Waals surface area contributed by atoms with Crippen LogP contribution in [0.1, 0.15) is 36.4 Å². The fourth-order valence-corrected chi connectivity index (χ4v) is 3.07. The number of hydrogen-bond acceptors (Lipinski definition) is 4. The Labute approximate surface area is 158 Å². The minimum absolute atomic E-state index is 0. The van der Waals surface area contributed by atoms with Crippen LogP contribution >= 0.6 is 23.7 Å². The van der Waals surface area contributed by atoms with Gasteiger partial charge in [0.2, 0.25) is 5.91 Å². The Morgan fingerprint density at radius 3 is 2.04 bits per heavy atom. The second kappa shape index (κ2) is 9.56. The number of carbonyl (C=O) groups is 2. The lowest BCUT2D eigenvalue weighted by Gasteiger charge is -2.28. The minimum atomic E-state index is -0.536. The average Bonchev–Trinajstić information content (AvgIpc) is 3.13. The highest BCUT2D eigenvalue weighted by Gasteiger charge is 2.33. The highest BCUT2D eigenvalue weighted by atomic mass is 35.5. The number of amides is 2. The van der Waals surface area contributed by atoms with Gasteiger partial charge in [-0.15, -0.1) is 23.7 Å². The number of thiophene rings is 1. The monoisotopic (exact) mass is 381 g/mol. The third-order valence-electron chi connectivity index (χ3n) is 4.37. The molecule has 7 heteroatoms. The van der Waals surface area contributed by atoms with E-state index in [9.17, 15) is 9.59 Å². The molecule has 2 amide bonds. The van der Waals surface area contributed by atoms with Crippen molar-refractivity contribution in [3.8, 4) is 0 Å². The molecule has 0 bridgehead atoms. The van der Waals surface area contributed by atoms with E-state index in [1.165, 1.54) is 11.3 Å². The van der Waals surface area contributed by atoms with Gasteiger partial charge in [-0.3, -0.25) is 9.59 Å². The fraction of sp³-hybridized carbons (Fsp3) is 0.333. The summed E-state index contributed by atoms with van der Waals surface area (Å²) in [5.74, 6) is -0.203. The SMILES string of the molecule is CCC(CC)(CN)C(=O)Nc1ccc(NC(=O)c2cccs2)cc1.Cl. The van der Waals surface area contributed by atoms with Gasteiger partial charge in [-0.05, 0) is 48.6 Å². The Morgan fingerprint density at radius 2 is 1.60 bits per heavy atom. The topological polar surface area (TPSA) is 84.2 Å². The number of benzene rings is 1. The van der Waals surface area contributed by atoms with Crippen molar-refractivity contribution < 1.29 is 9.59 Å². The van der Waals surface area contributed by atoms with Gasteiger partial charge in [0.05, 0.1) is 10.3 Å². The van der Waals surface area contributed by atoms with E-state index in [1.807, 2.05) is 25.3 Å². The van der Waals surface area contributed by atoms with Crippen LogP contribution in [-0.4, -0.2) is 18.4 Å². The molecule has 5 nitrogen and oxygen atoms in total. The number of halogens is 1. The summed E-state index contributed by atoms with van der Waals surface area (Å²) in [6.07, 6.45) is 1.39. The van der Waals surface area contributed by atoms with Crippen LogP contribution in [0.5, 0.6) is 0 Å². The Kier molecular flexibility index (Phi) is 8.09. The number of nitrogens with one attached hydrogen (secondary N) is 2. The van der Waals surface area contributed by atoms with Crippen molar-refractivity contribution in [3.63, 3.8) is 0 Å². The molecule has 0 atom stereocenters. The molecule has 0 aliphatic carbocycles. The van der Waals surface area contributed by atoms with Crippen LogP contribution in [0.15, 0.2) is 41.8 Å². The van der Waals surface area contributed by atoms with Crippen LogP contribution in [0.4, 0.5) is 11.4 Å². The van der Waals surface area contributed by atoms with E-state index in [2.05, 4.69) is 10.6 Å². The van der Waals surface area contributed by atoms with Gasteiger partial charge in [0.15, 0.2) is 0 Å². The van der Waals surface area contributed by atoms with Gasteiger partial charge in [-0.1, -0.05) is 19.9 Å². The standard InChI is InChI=1S/C18H23N3O2S.ClH/c1-3-18(4-2,12-19)17(23)21-14-9-7-13(8-10-14)20-16(22)15-6-5-11-24-15;/h5-11H,3-4,12,19H2,1-2H3,(H,20,22)(H,21,23);1H. The first kappa shape index (κ1) is 21.2. The van der Waals surface area contributed by atoms with Gasteiger partial charge in [-0.2, -0.15) is 0 Å². The Hall–Kier alpha value is -1.89. The minimum Gasteiger partial charge on any atom is -0.329 e.